The monoisotopic (exact) mass is 170 g/mol. The van der Waals surface area contributed by atoms with Crippen molar-refractivity contribution in [2.75, 3.05) is 13.3 Å². The molecule has 5 heteroatoms. The van der Waals surface area contributed by atoms with Gasteiger partial charge in [0.1, 0.15) is 24.6 Å². The van der Waals surface area contributed by atoms with Crippen LogP contribution >= 0.6 is 0 Å². The van der Waals surface area contributed by atoms with Crippen molar-refractivity contribution in [3.63, 3.8) is 0 Å². The highest BCUT2D eigenvalue weighted by atomic mass is 19.1. The molecule has 0 saturated carbocycles. The summed E-state index contributed by atoms with van der Waals surface area (Å²) in [6, 6.07) is 0. The van der Waals surface area contributed by atoms with Crippen molar-refractivity contribution in [1.29, 1.82) is 0 Å². The summed E-state index contributed by atoms with van der Waals surface area (Å²) in [5.74, 6) is 0. The summed E-state index contributed by atoms with van der Waals surface area (Å²) in [5, 5.41) is 26.2. The summed E-state index contributed by atoms with van der Waals surface area (Å²) in [7, 11) is 0. The fourth-order valence-corrected chi connectivity index (χ4v) is 0.642. The normalized spacial score (nSPS) is 22.4. The zero-order chi connectivity index (χ0) is 9.07. The second-order valence-electron chi connectivity index (χ2n) is 2.52. The fraction of sp³-hybridized carbons (Fsp3) is 1.00. The van der Waals surface area contributed by atoms with Crippen LogP contribution < -0.4 is 0 Å². The average molecular weight is 170 g/mol. The Kier molecular flexibility index (Phi) is 3.85. The second kappa shape index (κ2) is 3.94. The highest BCUT2D eigenvalue weighted by molar-refractivity contribution is 4.88. The van der Waals surface area contributed by atoms with Crippen molar-refractivity contribution in [3.8, 4) is 0 Å². The van der Waals surface area contributed by atoms with E-state index in [0.717, 1.165) is 6.92 Å². The quantitative estimate of drug-likeness (QED) is 0.528. The van der Waals surface area contributed by atoms with E-state index in [-0.39, 0.29) is 0 Å². The van der Waals surface area contributed by atoms with Crippen LogP contribution in [-0.4, -0.2) is 46.5 Å². The van der Waals surface area contributed by atoms with Crippen LogP contribution in [0.2, 0.25) is 0 Å². The molecule has 0 spiro atoms. The molecular weight excluding hydrogens is 158 g/mol. The summed E-state index contributed by atoms with van der Waals surface area (Å²) < 4.78 is 24.2. The number of hydrogen-bond acceptors (Lipinski definition) is 3. The lowest BCUT2D eigenvalue weighted by Gasteiger charge is -2.28. The molecule has 0 aromatic heterocycles. The minimum Gasteiger partial charge on any atom is -0.393 e. The van der Waals surface area contributed by atoms with E-state index in [4.69, 9.17) is 15.3 Å². The Morgan fingerprint density at radius 1 is 1.55 bits per heavy atom. The Balaban J connectivity index is 4.24. The number of aliphatic hydroxyl groups is 3. The van der Waals surface area contributed by atoms with Crippen molar-refractivity contribution in [3.05, 3.63) is 0 Å². The van der Waals surface area contributed by atoms with Gasteiger partial charge in [-0.05, 0) is 6.92 Å². The van der Waals surface area contributed by atoms with E-state index in [1.165, 1.54) is 0 Å². The molecule has 0 aliphatic rings. The molecule has 0 aliphatic carbocycles. The van der Waals surface area contributed by atoms with Gasteiger partial charge in [-0.25, -0.2) is 8.78 Å². The summed E-state index contributed by atoms with van der Waals surface area (Å²) in [6.07, 6.45) is -3.67. The van der Waals surface area contributed by atoms with Gasteiger partial charge in [-0.15, -0.1) is 0 Å². The zero-order valence-electron chi connectivity index (χ0n) is 6.17. The van der Waals surface area contributed by atoms with Gasteiger partial charge in [-0.2, -0.15) is 0 Å². The first-order valence-electron chi connectivity index (χ1n) is 3.19. The standard InChI is InChI=1S/C6H12F2O3/c1-4(8)5(10)6(11,2-7)3-9/h4-5,9-11H,2-3H2,1H3/t4-,5-,6+/m0/s1. The smallest absolute Gasteiger partial charge is 0.144 e. The Morgan fingerprint density at radius 3 is 2.09 bits per heavy atom. The maximum absolute atomic E-state index is 12.3. The summed E-state index contributed by atoms with van der Waals surface area (Å²) in [5.41, 5.74) is -2.37. The predicted molar refractivity (Wildman–Crippen MR) is 34.6 cm³/mol. The Morgan fingerprint density at radius 2 is 2.00 bits per heavy atom. The Hall–Kier alpha value is -0.260. The van der Waals surface area contributed by atoms with Gasteiger partial charge >= 0.3 is 0 Å². The molecule has 0 aliphatic heterocycles. The number of hydrogen-bond donors (Lipinski definition) is 3. The molecule has 11 heavy (non-hydrogen) atoms. The first-order chi connectivity index (χ1) is 4.98. The Bertz CT molecular complexity index is 114. The van der Waals surface area contributed by atoms with Gasteiger partial charge in [-0.3, -0.25) is 0 Å². The first kappa shape index (κ1) is 10.7. The summed E-state index contributed by atoms with van der Waals surface area (Å²) in [6.45, 7) is -1.40. The van der Waals surface area contributed by atoms with Crippen molar-refractivity contribution < 1.29 is 24.1 Å². The van der Waals surface area contributed by atoms with Crippen molar-refractivity contribution in [1.82, 2.24) is 0 Å². The molecule has 0 aromatic carbocycles. The van der Waals surface area contributed by atoms with Crippen molar-refractivity contribution >= 4 is 0 Å². The maximum atomic E-state index is 12.3. The number of alkyl halides is 2. The van der Waals surface area contributed by atoms with Crippen LogP contribution in [0.5, 0.6) is 0 Å². The van der Waals surface area contributed by atoms with Gasteiger partial charge in [0.15, 0.2) is 0 Å². The first-order valence-corrected chi connectivity index (χ1v) is 3.19. The van der Waals surface area contributed by atoms with Gasteiger partial charge in [0.2, 0.25) is 0 Å². The molecule has 0 bridgehead atoms. The van der Waals surface area contributed by atoms with E-state index in [9.17, 15) is 8.78 Å². The lowest BCUT2D eigenvalue weighted by Crippen LogP contribution is -2.51. The fourth-order valence-electron chi connectivity index (χ4n) is 0.642. The van der Waals surface area contributed by atoms with E-state index in [1.807, 2.05) is 0 Å². The predicted octanol–water partition coefficient (Wildman–Crippen LogP) is -0.602. The lowest BCUT2D eigenvalue weighted by atomic mass is 9.96. The molecule has 0 unspecified atom stereocenters. The maximum Gasteiger partial charge on any atom is 0.144 e. The zero-order valence-corrected chi connectivity index (χ0v) is 6.17. The molecule has 0 radical (unpaired) electrons. The lowest BCUT2D eigenvalue weighted by molar-refractivity contribution is -0.137. The molecule has 0 heterocycles. The van der Waals surface area contributed by atoms with Crippen LogP contribution in [0.1, 0.15) is 6.92 Å². The summed E-state index contributed by atoms with van der Waals surface area (Å²) in [4.78, 5) is 0. The molecule has 68 valence electrons. The van der Waals surface area contributed by atoms with Crippen LogP contribution in [0, 0.1) is 0 Å². The minimum absolute atomic E-state index is 0.973. The molecule has 0 rings (SSSR count). The van der Waals surface area contributed by atoms with E-state index in [1.54, 1.807) is 0 Å². The van der Waals surface area contributed by atoms with E-state index < -0.39 is 31.2 Å². The SMILES string of the molecule is C[C@H](F)[C@H](O)[C@](O)(CO)CF. The molecule has 0 fully saturated rings. The molecule has 0 aromatic rings. The molecule has 3 nitrogen and oxygen atoms in total. The third-order valence-corrected chi connectivity index (χ3v) is 1.49. The molecule has 3 N–H and O–H groups in total. The molecule has 0 saturated heterocycles. The van der Waals surface area contributed by atoms with Crippen molar-refractivity contribution in [2.45, 2.75) is 24.8 Å². The van der Waals surface area contributed by atoms with Gasteiger partial charge in [0.05, 0.1) is 6.61 Å². The second-order valence-corrected chi connectivity index (χ2v) is 2.52. The third-order valence-electron chi connectivity index (χ3n) is 1.49. The van der Waals surface area contributed by atoms with E-state index in [0.29, 0.717) is 0 Å². The minimum atomic E-state index is -2.37. The highest BCUT2D eigenvalue weighted by Crippen LogP contribution is 2.15. The number of aliphatic hydroxyl groups excluding tert-OH is 2. The van der Waals surface area contributed by atoms with Crippen LogP contribution in [0.3, 0.4) is 0 Å². The van der Waals surface area contributed by atoms with Crippen LogP contribution in [0.15, 0.2) is 0 Å². The van der Waals surface area contributed by atoms with Gasteiger partial charge in [0, 0.05) is 0 Å². The molecule has 3 atom stereocenters. The van der Waals surface area contributed by atoms with Gasteiger partial charge in [-0.1, -0.05) is 0 Å². The topological polar surface area (TPSA) is 60.7 Å². The Labute approximate surface area is 63.3 Å². The van der Waals surface area contributed by atoms with Crippen molar-refractivity contribution in [2.24, 2.45) is 0 Å². The highest BCUT2D eigenvalue weighted by Gasteiger charge is 2.38. The number of rotatable bonds is 4. The average Bonchev–Trinajstić information content (AvgIpc) is 2.01. The van der Waals surface area contributed by atoms with E-state index >= 15 is 0 Å². The molecular formula is C6H12F2O3. The summed E-state index contributed by atoms with van der Waals surface area (Å²) >= 11 is 0. The van der Waals surface area contributed by atoms with Gasteiger partial charge < -0.3 is 15.3 Å². The van der Waals surface area contributed by atoms with Crippen LogP contribution in [0.25, 0.3) is 0 Å². The van der Waals surface area contributed by atoms with Crippen LogP contribution in [-0.2, 0) is 0 Å². The van der Waals surface area contributed by atoms with Crippen LogP contribution in [0.4, 0.5) is 8.78 Å². The number of halogens is 2. The largest absolute Gasteiger partial charge is 0.393 e. The van der Waals surface area contributed by atoms with Gasteiger partial charge in [0.25, 0.3) is 0 Å². The third kappa shape index (κ3) is 2.36. The van der Waals surface area contributed by atoms with E-state index in [2.05, 4.69) is 0 Å². The molecule has 0 amide bonds.